The van der Waals surface area contributed by atoms with E-state index in [1.165, 1.54) is 13.2 Å². The number of aliphatic carboxylic acids is 1. The number of benzene rings is 2. The van der Waals surface area contributed by atoms with Gasteiger partial charge >= 0.3 is 5.97 Å². The summed E-state index contributed by atoms with van der Waals surface area (Å²) in [4.78, 5) is 15.5. The van der Waals surface area contributed by atoms with Crippen LogP contribution in [0.3, 0.4) is 0 Å². The van der Waals surface area contributed by atoms with Gasteiger partial charge in [0.25, 0.3) is 0 Å². The molecule has 0 aliphatic rings. The predicted octanol–water partition coefficient (Wildman–Crippen LogP) is 3.56. The summed E-state index contributed by atoms with van der Waals surface area (Å²) in [5.41, 5.74) is 2.26. The van der Waals surface area contributed by atoms with Crippen LogP contribution < -0.4 is 4.74 Å². The number of carboxylic acid groups (broad SMARTS) is 1. The molecule has 0 amide bonds. The monoisotopic (exact) mass is 325 g/mol. The lowest BCUT2D eigenvalue weighted by Gasteiger charge is -2.05. The number of para-hydroxylation sites is 2. The van der Waals surface area contributed by atoms with Gasteiger partial charge in [0.05, 0.1) is 13.5 Å². The highest BCUT2D eigenvalue weighted by atomic mass is 16.5. The molecule has 2 aromatic carbocycles. The minimum atomic E-state index is -0.999. The van der Waals surface area contributed by atoms with Crippen LogP contribution in [0.1, 0.15) is 17.9 Å². The second-order valence-corrected chi connectivity index (χ2v) is 5.16. The number of hydrogen-bond acceptors (Lipinski definition) is 5. The molecule has 0 saturated heterocycles. The van der Waals surface area contributed by atoms with Crippen LogP contribution in [0.15, 0.2) is 46.9 Å². The van der Waals surface area contributed by atoms with E-state index >= 15 is 0 Å². The van der Waals surface area contributed by atoms with Crippen molar-refractivity contribution in [1.29, 1.82) is 0 Å². The van der Waals surface area contributed by atoms with Gasteiger partial charge < -0.3 is 19.4 Å². The molecule has 0 atom stereocenters. The number of aromatic nitrogens is 1. The molecule has 6 heteroatoms. The Labute approximate surface area is 137 Å². The molecule has 0 aliphatic carbocycles. The summed E-state index contributed by atoms with van der Waals surface area (Å²) in [5.74, 6) is -0.442. The first-order chi connectivity index (χ1) is 11.6. The van der Waals surface area contributed by atoms with Crippen molar-refractivity contribution in [2.24, 2.45) is 0 Å². The third kappa shape index (κ3) is 3.22. The number of phenolic OH excluding ortho intramolecular Hbond substituents is 1. The first-order valence-electron chi connectivity index (χ1n) is 7.22. The van der Waals surface area contributed by atoms with E-state index in [0.29, 0.717) is 28.0 Å². The fourth-order valence-electron chi connectivity index (χ4n) is 2.36. The zero-order valence-corrected chi connectivity index (χ0v) is 12.9. The van der Waals surface area contributed by atoms with Crippen molar-refractivity contribution in [3.63, 3.8) is 0 Å². The van der Waals surface area contributed by atoms with Crippen molar-refractivity contribution in [3.8, 4) is 11.5 Å². The number of aromatic hydroxyl groups is 1. The SMILES string of the molecule is COc1ccc(/C=C(\CC(=O)O)c2nc3ccccc3o2)cc1O. The van der Waals surface area contributed by atoms with E-state index in [2.05, 4.69) is 4.98 Å². The molecule has 3 aromatic rings. The third-order valence-corrected chi connectivity index (χ3v) is 3.45. The number of hydrogen-bond donors (Lipinski definition) is 2. The summed E-state index contributed by atoms with van der Waals surface area (Å²) >= 11 is 0. The van der Waals surface area contributed by atoms with E-state index in [1.54, 1.807) is 30.3 Å². The Kier molecular flexibility index (Phi) is 4.20. The van der Waals surface area contributed by atoms with E-state index in [1.807, 2.05) is 12.1 Å². The number of ether oxygens (including phenoxy) is 1. The Morgan fingerprint density at radius 1 is 1.29 bits per heavy atom. The summed E-state index contributed by atoms with van der Waals surface area (Å²) in [5, 5.41) is 19.0. The lowest BCUT2D eigenvalue weighted by molar-refractivity contribution is -0.135. The van der Waals surface area contributed by atoms with Gasteiger partial charge in [-0.05, 0) is 35.9 Å². The number of rotatable bonds is 5. The average molecular weight is 325 g/mol. The molecule has 122 valence electrons. The Balaban J connectivity index is 2.05. The molecule has 3 rings (SSSR count). The van der Waals surface area contributed by atoms with Gasteiger partial charge in [0.15, 0.2) is 17.1 Å². The van der Waals surface area contributed by atoms with Crippen LogP contribution in [0.2, 0.25) is 0 Å². The first-order valence-corrected chi connectivity index (χ1v) is 7.22. The van der Waals surface area contributed by atoms with Crippen molar-refractivity contribution in [2.45, 2.75) is 6.42 Å². The van der Waals surface area contributed by atoms with Crippen molar-refractivity contribution in [2.75, 3.05) is 7.11 Å². The lowest BCUT2D eigenvalue weighted by Crippen LogP contribution is -1.97. The average Bonchev–Trinajstić information content (AvgIpc) is 2.98. The summed E-state index contributed by atoms with van der Waals surface area (Å²) in [7, 11) is 1.46. The van der Waals surface area contributed by atoms with Gasteiger partial charge in [-0.25, -0.2) is 4.98 Å². The van der Waals surface area contributed by atoms with E-state index < -0.39 is 5.97 Å². The maximum Gasteiger partial charge on any atom is 0.308 e. The fourth-order valence-corrected chi connectivity index (χ4v) is 2.36. The standard InChI is InChI=1S/C18H15NO5/c1-23-16-7-6-11(9-14(16)20)8-12(10-17(21)22)18-19-13-4-2-3-5-15(13)24-18/h2-9,20H,10H2,1H3,(H,21,22)/b12-8+. The molecular weight excluding hydrogens is 310 g/mol. The lowest BCUT2D eigenvalue weighted by atomic mass is 10.1. The van der Waals surface area contributed by atoms with Crippen LogP contribution in [0, 0.1) is 0 Å². The van der Waals surface area contributed by atoms with Crippen molar-refractivity contribution in [1.82, 2.24) is 4.98 Å². The summed E-state index contributed by atoms with van der Waals surface area (Å²) in [6, 6.07) is 12.0. The maximum absolute atomic E-state index is 11.2. The van der Waals surface area contributed by atoms with Gasteiger partial charge in [-0.1, -0.05) is 18.2 Å². The number of carboxylic acids is 1. The summed E-state index contributed by atoms with van der Waals surface area (Å²) in [6.45, 7) is 0. The minimum absolute atomic E-state index is 0.0292. The molecule has 0 radical (unpaired) electrons. The highest BCUT2D eigenvalue weighted by Gasteiger charge is 2.14. The van der Waals surface area contributed by atoms with Crippen LogP contribution in [-0.2, 0) is 4.79 Å². The molecule has 0 fully saturated rings. The van der Waals surface area contributed by atoms with Gasteiger partial charge in [-0.15, -0.1) is 0 Å². The number of oxazole rings is 1. The molecule has 1 heterocycles. The van der Waals surface area contributed by atoms with E-state index in [4.69, 9.17) is 14.3 Å². The van der Waals surface area contributed by atoms with E-state index in [0.717, 1.165) is 0 Å². The maximum atomic E-state index is 11.2. The van der Waals surface area contributed by atoms with Crippen molar-refractivity contribution in [3.05, 3.63) is 53.9 Å². The topological polar surface area (TPSA) is 92.8 Å². The molecule has 1 aromatic heterocycles. The number of carbonyl (C=O) groups is 1. The van der Waals surface area contributed by atoms with E-state index in [9.17, 15) is 9.90 Å². The molecule has 2 N–H and O–H groups in total. The molecular formula is C18H15NO5. The van der Waals surface area contributed by atoms with Crippen LogP contribution >= 0.6 is 0 Å². The quantitative estimate of drug-likeness (QED) is 0.745. The van der Waals surface area contributed by atoms with Crippen LogP contribution in [0.4, 0.5) is 0 Å². The zero-order valence-electron chi connectivity index (χ0n) is 12.9. The highest BCUT2D eigenvalue weighted by Crippen LogP contribution is 2.30. The molecule has 0 aliphatic heterocycles. The minimum Gasteiger partial charge on any atom is -0.504 e. The Bertz CT molecular complexity index is 893. The van der Waals surface area contributed by atoms with Gasteiger partial charge in [0.2, 0.25) is 5.89 Å². The summed E-state index contributed by atoms with van der Waals surface area (Å²) in [6.07, 6.45) is 1.37. The highest BCUT2D eigenvalue weighted by molar-refractivity contribution is 5.91. The molecule has 24 heavy (non-hydrogen) atoms. The largest absolute Gasteiger partial charge is 0.504 e. The Morgan fingerprint density at radius 2 is 2.08 bits per heavy atom. The van der Waals surface area contributed by atoms with Crippen LogP contribution in [-0.4, -0.2) is 28.3 Å². The number of methoxy groups -OCH3 is 1. The Hall–Kier alpha value is -3.28. The molecule has 0 unspecified atom stereocenters. The van der Waals surface area contributed by atoms with Gasteiger partial charge in [0.1, 0.15) is 5.52 Å². The normalized spacial score (nSPS) is 11.6. The fraction of sp³-hybridized carbons (Fsp3) is 0.111. The third-order valence-electron chi connectivity index (χ3n) is 3.45. The molecule has 0 saturated carbocycles. The second kappa shape index (κ2) is 6.45. The second-order valence-electron chi connectivity index (χ2n) is 5.16. The number of nitrogens with zero attached hydrogens (tertiary/aromatic N) is 1. The van der Waals surface area contributed by atoms with Gasteiger partial charge in [-0.2, -0.15) is 0 Å². The number of fused-ring (bicyclic) bond motifs is 1. The summed E-state index contributed by atoms with van der Waals surface area (Å²) < 4.78 is 10.6. The van der Waals surface area contributed by atoms with Gasteiger partial charge in [0, 0.05) is 5.57 Å². The molecule has 6 nitrogen and oxygen atoms in total. The van der Waals surface area contributed by atoms with Crippen LogP contribution in [0.25, 0.3) is 22.7 Å². The van der Waals surface area contributed by atoms with Crippen molar-refractivity contribution < 1.29 is 24.2 Å². The van der Waals surface area contributed by atoms with Gasteiger partial charge in [-0.3, -0.25) is 4.79 Å². The Morgan fingerprint density at radius 3 is 2.75 bits per heavy atom. The van der Waals surface area contributed by atoms with E-state index in [-0.39, 0.29) is 18.1 Å². The zero-order chi connectivity index (χ0) is 17.1. The van der Waals surface area contributed by atoms with Crippen LogP contribution in [0.5, 0.6) is 11.5 Å². The first kappa shape index (κ1) is 15.6. The number of phenols is 1. The molecule has 0 bridgehead atoms. The smallest absolute Gasteiger partial charge is 0.308 e. The van der Waals surface area contributed by atoms with Crippen molar-refractivity contribution >= 4 is 28.7 Å². The predicted molar refractivity (Wildman–Crippen MR) is 88.8 cm³/mol. The molecule has 0 spiro atoms.